The first kappa shape index (κ1) is 19.4. The first-order valence-electron chi connectivity index (χ1n) is 11.2. The lowest BCUT2D eigenvalue weighted by molar-refractivity contribution is -0.106. The van der Waals surface area contributed by atoms with E-state index in [1.807, 2.05) is 18.3 Å². The molecule has 4 atom stereocenters. The Morgan fingerprint density at radius 2 is 1.97 bits per heavy atom. The van der Waals surface area contributed by atoms with Crippen LogP contribution in [0.1, 0.15) is 44.1 Å². The molecule has 31 heavy (non-hydrogen) atoms. The van der Waals surface area contributed by atoms with Crippen molar-refractivity contribution in [3.63, 3.8) is 0 Å². The third kappa shape index (κ3) is 3.28. The number of hydrogen-bond donors (Lipinski definition) is 1. The van der Waals surface area contributed by atoms with E-state index >= 15 is 0 Å². The molecule has 2 saturated carbocycles. The number of hydrogen-bond acceptors (Lipinski definition) is 6. The minimum absolute atomic E-state index is 0.0886. The van der Waals surface area contributed by atoms with E-state index in [9.17, 15) is 0 Å². The van der Waals surface area contributed by atoms with Crippen molar-refractivity contribution in [2.75, 3.05) is 6.61 Å². The summed E-state index contributed by atoms with van der Waals surface area (Å²) in [6.45, 7) is 0.434. The molecule has 4 unspecified atom stereocenters. The summed E-state index contributed by atoms with van der Waals surface area (Å²) in [5, 5.41) is 0.607. The van der Waals surface area contributed by atoms with Crippen LogP contribution >= 0.6 is 11.6 Å². The van der Waals surface area contributed by atoms with E-state index in [4.69, 9.17) is 36.5 Å². The number of halogens is 1. The predicted molar refractivity (Wildman–Crippen MR) is 118 cm³/mol. The van der Waals surface area contributed by atoms with Gasteiger partial charge in [0.25, 0.3) is 6.02 Å². The average Bonchev–Trinajstić information content (AvgIpc) is 3.13. The summed E-state index contributed by atoms with van der Waals surface area (Å²) in [4.78, 5) is 9.14. The lowest BCUT2D eigenvalue weighted by atomic mass is 9.67. The fourth-order valence-electron chi connectivity index (χ4n) is 5.51. The molecule has 2 aromatic rings. The number of benzene rings is 1. The van der Waals surface area contributed by atoms with Gasteiger partial charge in [0.15, 0.2) is 0 Å². The normalized spacial score (nSPS) is 31.8. The van der Waals surface area contributed by atoms with Crippen LogP contribution < -0.4 is 10.5 Å². The Hall–Kier alpha value is -2.31. The molecule has 0 radical (unpaired) electrons. The summed E-state index contributed by atoms with van der Waals surface area (Å²) < 4.78 is 18.7. The van der Waals surface area contributed by atoms with Crippen LogP contribution in [0.3, 0.4) is 0 Å². The Bertz CT molecular complexity index is 1040. The number of rotatable bonds is 3. The monoisotopic (exact) mass is 439 g/mol. The van der Waals surface area contributed by atoms with Crippen LogP contribution in [0.2, 0.25) is 5.02 Å². The zero-order valence-electron chi connectivity index (χ0n) is 17.3. The van der Waals surface area contributed by atoms with Gasteiger partial charge in [0.05, 0.1) is 17.2 Å². The van der Waals surface area contributed by atoms with Crippen molar-refractivity contribution in [1.29, 1.82) is 0 Å². The second-order valence-electron chi connectivity index (χ2n) is 9.15. The molecule has 3 heterocycles. The Morgan fingerprint density at radius 3 is 2.71 bits per heavy atom. The minimum Gasteiger partial charge on any atom is -0.490 e. The second-order valence-corrected chi connectivity index (χ2v) is 9.59. The van der Waals surface area contributed by atoms with Gasteiger partial charge in [-0.05, 0) is 62.3 Å². The number of fused-ring (bicyclic) bond motifs is 4. The van der Waals surface area contributed by atoms with Crippen LogP contribution in [0.5, 0.6) is 5.75 Å². The first-order chi connectivity index (χ1) is 15.1. The number of aliphatic imine (C=N–C) groups is 1. The van der Waals surface area contributed by atoms with Gasteiger partial charge in [-0.25, -0.2) is 4.99 Å². The van der Waals surface area contributed by atoms with Crippen molar-refractivity contribution in [3.8, 4) is 16.9 Å². The van der Waals surface area contributed by atoms with Gasteiger partial charge in [-0.15, -0.1) is 0 Å². The molecule has 6 nitrogen and oxygen atoms in total. The summed E-state index contributed by atoms with van der Waals surface area (Å²) >= 11 is 6.18. The van der Waals surface area contributed by atoms with Crippen molar-refractivity contribution >= 4 is 17.6 Å². The van der Waals surface area contributed by atoms with Crippen molar-refractivity contribution < 1.29 is 14.2 Å². The predicted octanol–water partition coefficient (Wildman–Crippen LogP) is 4.44. The Morgan fingerprint density at radius 1 is 1.06 bits per heavy atom. The van der Waals surface area contributed by atoms with Crippen LogP contribution in [-0.4, -0.2) is 35.9 Å². The average molecular weight is 440 g/mol. The molecule has 2 N–H and O–H groups in total. The standard InChI is InChI=1S/C24H26ClN3O3/c25-16-8-15(11-27-12-16)14-4-6-21-19(9-14)24(13-29-23(26)28-24)20-10-18(5-7-22(20)31-21)30-17-2-1-3-17/h4,6,8-9,11-12,17-18,20,22H,1-3,5,7,10,13H2,(H2,26,28). The summed E-state index contributed by atoms with van der Waals surface area (Å²) in [5.41, 5.74) is 8.52. The number of aromatic nitrogens is 1. The van der Waals surface area contributed by atoms with Gasteiger partial charge in [-0.3, -0.25) is 4.98 Å². The highest BCUT2D eigenvalue weighted by molar-refractivity contribution is 6.30. The zero-order valence-corrected chi connectivity index (χ0v) is 18.1. The van der Waals surface area contributed by atoms with Crippen LogP contribution in [0, 0.1) is 5.92 Å². The molecule has 2 fully saturated rings. The maximum Gasteiger partial charge on any atom is 0.283 e. The molecule has 0 saturated heterocycles. The molecule has 4 aliphatic rings. The molecule has 0 bridgehead atoms. The molecular weight excluding hydrogens is 414 g/mol. The van der Waals surface area contributed by atoms with Crippen LogP contribution in [-0.2, 0) is 15.0 Å². The molecule has 2 aliphatic heterocycles. The Balaban J connectivity index is 1.40. The van der Waals surface area contributed by atoms with E-state index < -0.39 is 5.54 Å². The van der Waals surface area contributed by atoms with Gasteiger partial charge in [-0.2, -0.15) is 0 Å². The topological polar surface area (TPSA) is 79.0 Å². The maximum atomic E-state index is 6.50. The van der Waals surface area contributed by atoms with Crippen molar-refractivity contribution in [2.45, 2.75) is 62.4 Å². The third-order valence-electron chi connectivity index (χ3n) is 7.30. The number of pyridine rings is 1. The molecule has 2 aliphatic carbocycles. The fraction of sp³-hybridized carbons (Fsp3) is 0.500. The van der Waals surface area contributed by atoms with E-state index in [2.05, 4.69) is 17.1 Å². The van der Waals surface area contributed by atoms with Gasteiger partial charge < -0.3 is 19.9 Å². The maximum absolute atomic E-state index is 6.50. The van der Waals surface area contributed by atoms with Crippen LogP contribution in [0.4, 0.5) is 0 Å². The Labute approximate surface area is 186 Å². The zero-order chi connectivity index (χ0) is 21.0. The number of nitrogens with zero attached hydrogens (tertiary/aromatic N) is 2. The van der Waals surface area contributed by atoms with E-state index in [1.165, 1.54) is 19.3 Å². The fourth-order valence-corrected chi connectivity index (χ4v) is 5.68. The lowest BCUT2D eigenvalue weighted by Gasteiger charge is -2.48. The highest BCUT2D eigenvalue weighted by Crippen LogP contribution is 2.53. The van der Waals surface area contributed by atoms with E-state index in [1.54, 1.807) is 6.20 Å². The SMILES string of the molecule is NC1=NC2(CO1)c1cc(-c3cncc(Cl)c3)ccc1OC1CCC(OC3CCC3)CC12. The molecular formula is C24H26ClN3O3. The second kappa shape index (κ2) is 7.38. The smallest absolute Gasteiger partial charge is 0.283 e. The number of ether oxygens (including phenoxy) is 3. The van der Waals surface area contributed by atoms with Gasteiger partial charge in [0.2, 0.25) is 0 Å². The highest BCUT2D eigenvalue weighted by atomic mass is 35.5. The highest BCUT2D eigenvalue weighted by Gasteiger charge is 2.56. The lowest BCUT2D eigenvalue weighted by Crippen LogP contribution is -2.52. The van der Waals surface area contributed by atoms with Crippen LogP contribution in [0.25, 0.3) is 11.1 Å². The minimum atomic E-state index is -0.550. The molecule has 1 aromatic heterocycles. The summed E-state index contributed by atoms with van der Waals surface area (Å²) in [6.07, 6.45) is 10.7. The third-order valence-corrected chi connectivity index (χ3v) is 7.51. The summed E-state index contributed by atoms with van der Waals surface area (Å²) in [7, 11) is 0. The molecule has 0 amide bonds. The van der Waals surface area contributed by atoms with E-state index in [0.29, 0.717) is 17.7 Å². The number of nitrogens with two attached hydrogens (primary N) is 1. The summed E-state index contributed by atoms with van der Waals surface area (Å²) in [6, 6.07) is 8.39. The van der Waals surface area contributed by atoms with Crippen molar-refractivity contribution in [3.05, 3.63) is 47.2 Å². The van der Waals surface area contributed by atoms with Gasteiger partial charge in [0, 0.05) is 29.4 Å². The molecule has 1 aromatic carbocycles. The van der Waals surface area contributed by atoms with Crippen LogP contribution in [0.15, 0.2) is 41.7 Å². The van der Waals surface area contributed by atoms with Gasteiger partial charge in [0.1, 0.15) is 24.0 Å². The van der Waals surface area contributed by atoms with E-state index in [-0.39, 0.29) is 24.1 Å². The number of amidine groups is 1. The largest absolute Gasteiger partial charge is 0.490 e. The van der Waals surface area contributed by atoms with Gasteiger partial charge >= 0.3 is 0 Å². The van der Waals surface area contributed by atoms with Crippen molar-refractivity contribution in [2.24, 2.45) is 16.6 Å². The molecule has 7 heteroatoms. The first-order valence-corrected chi connectivity index (χ1v) is 11.5. The summed E-state index contributed by atoms with van der Waals surface area (Å²) in [5.74, 6) is 1.02. The molecule has 6 rings (SSSR count). The molecule has 162 valence electrons. The van der Waals surface area contributed by atoms with E-state index in [0.717, 1.165) is 41.7 Å². The Kier molecular flexibility index (Phi) is 4.62. The van der Waals surface area contributed by atoms with Gasteiger partial charge in [-0.1, -0.05) is 17.7 Å². The van der Waals surface area contributed by atoms with Crippen molar-refractivity contribution in [1.82, 2.24) is 4.98 Å². The quantitative estimate of drug-likeness (QED) is 0.764. The molecule has 1 spiro atoms.